The van der Waals surface area contributed by atoms with Gasteiger partial charge in [-0.3, -0.25) is 4.79 Å². The third-order valence-corrected chi connectivity index (χ3v) is 4.44. The zero-order valence-corrected chi connectivity index (χ0v) is 12.3. The van der Waals surface area contributed by atoms with Crippen LogP contribution >= 0.6 is 11.3 Å². The van der Waals surface area contributed by atoms with Gasteiger partial charge in [0.15, 0.2) is 0 Å². The fourth-order valence-electron chi connectivity index (χ4n) is 2.44. The SMILES string of the molecule is NC(=O)C1CCN(CC(O)COCc2cccs2)CC1. The van der Waals surface area contributed by atoms with Crippen LogP contribution < -0.4 is 5.73 Å². The first-order chi connectivity index (χ1) is 9.65. The number of nitrogens with two attached hydrogens (primary N) is 1. The van der Waals surface area contributed by atoms with Crippen molar-refractivity contribution in [2.75, 3.05) is 26.2 Å². The number of thiophene rings is 1. The van der Waals surface area contributed by atoms with Crippen molar-refractivity contribution in [3.05, 3.63) is 22.4 Å². The second-order valence-corrected chi connectivity index (χ2v) is 6.26. The highest BCUT2D eigenvalue weighted by Crippen LogP contribution is 2.17. The van der Waals surface area contributed by atoms with Gasteiger partial charge in [-0.1, -0.05) is 6.07 Å². The Morgan fingerprint density at radius 1 is 1.55 bits per heavy atom. The average Bonchev–Trinajstić information content (AvgIpc) is 2.92. The van der Waals surface area contributed by atoms with E-state index >= 15 is 0 Å². The molecule has 112 valence electrons. The maximum Gasteiger partial charge on any atom is 0.220 e. The molecule has 1 saturated heterocycles. The molecule has 0 aromatic carbocycles. The first-order valence-electron chi connectivity index (χ1n) is 6.95. The van der Waals surface area contributed by atoms with Gasteiger partial charge in [0, 0.05) is 17.3 Å². The van der Waals surface area contributed by atoms with E-state index in [-0.39, 0.29) is 11.8 Å². The monoisotopic (exact) mass is 298 g/mol. The fourth-order valence-corrected chi connectivity index (χ4v) is 3.08. The van der Waals surface area contributed by atoms with Crippen molar-refractivity contribution >= 4 is 17.2 Å². The Bertz CT molecular complexity index is 403. The molecule has 1 unspecified atom stereocenters. The van der Waals surface area contributed by atoms with E-state index in [4.69, 9.17) is 10.5 Å². The Balaban J connectivity index is 1.60. The van der Waals surface area contributed by atoms with Crippen molar-refractivity contribution in [3.8, 4) is 0 Å². The lowest BCUT2D eigenvalue weighted by atomic mass is 9.96. The van der Waals surface area contributed by atoms with Crippen LogP contribution in [0.4, 0.5) is 0 Å². The highest BCUT2D eigenvalue weighted by atomic mass is 32.1. The summed E-state index contributed by atoms with van der Waals surface area (Å²) in [5, 5.41) is 12.0. The molecule has 1 aromatic heterocycles. The van der Waals surface area contributed by atoms with E-state index in [2.05, 4.69) is 4.90 Å². The topological polar surface area (TPSA) is 75.8 Å². The number of amides is 1. The number of primary amides is 1. The summed E-state index contributed by atoms with van der Waals surface area (Å²) < 4.78 is 5.50. The van der Waals surface area contributed by atoms with Gasteiger partial charge in [-0.2, -0.15) is 0 Å². The predicted molar refractivity (Wildman–Crippen MR) is 78.3 cm³/mol. The van der Waals surface area contributed by atoms with Crippen molar-refractivity contribution in [2.45, 2.75) is 25.6 Å². The van der Waals surface area contributed by atoms with E-state index in [0.29, 0.717) is 19.8 Å². The number of piperidine rings is 1. The number of β-amino-alcohol motifs (C(OH)–C–C–N with tert-alkyl or cyclic N) is 1. The number of nitrogens with zero attached hydrogens (tertiary/aromatic N) is 1. The second kappa shape index (κ2) is 7.73. The van der Waals surface area contributed by atoms with Crippen LogP contribution in [0.25, 0.3) is 0 Å². The Kier molecular flexibility index (Phi) is 5.97. The smallest absolute Gasteiger partial charge is 0.220 e. The summed E-state index contributed by atoms with van der Waals surface area (Å²) in [6.07, 6.45) is 1.09. The van der Waals surface area contributed by atoms with Gasteiger partial charge >= 0.3 is 0 Å². The minimum Gasteiger partial charge on any atom is -0.389 e. The first-order valence-corrected chi connectivity index (χ1v) is 7.83. The molecule has 6 heteroatoms. The molecule has 1 aliphatic rings. The van der Waals surface area contributed by atoms with Gasteiger partial charge in [-0.15, -0.1) is 11.3 Å². The number of aliphatic hydroxyl groups is 1. The number of carbonyl (C=O) groups excluding carboxylic acids is 1. The van der Waals surface area contributed by atoms with Crippen LogP contribution in [0.5, 0.6) is 0 Å². The van der Waals surface area contributed by atoms with Gasteiger partial charge in [0.25, 0.3) is 0 Å². The standard InChI is InChI=1S/C14H22N2O3S/c15-14(18)11-3-5-16(6-4-11)8-12(17)9-19-10-13-2-1-7-20-13/h1-2,7,11-12,17H,3-6,8-10H2,(H2,15,18). The lowest BCUT2D eigenvalue weighted by Crippen LogP contribution is -2.42. The van der Waals surface area contributed by atoms with Crippen LogP contribution in [0.1, 0.15) is 17.7 Å². The van der Waals surface area contributed by atoms with Crippen molar-refractivity contribution in [1.82, 2.24) is 4.90 Å². The summed E-state index contributed by atoms with van der Waals surface area (Å²) in [4.78, 5) is 14.4. The predicted octanol–water partition coefficient (Wildman–Crippen LogP) is 0.823. The van der Waals surface area contributed by atoms with Gasteiger partial charge in [-0.25, -0.2) is 0 Å². The number of hydrogen-bond donors (Lipinski definition) is 2. The van der Waals surface area contributed by atoms with Crippen LogP contribution in [0.3, 0.4) is 0 Å². The largest absolute Gasteiger partial charge is 0.389 e. The van der Waals surface area contributed by atoms with Gasteiger partial charge < -0.3 is 20.5 Å². The van der Waals surface area contributed by atoms with Crippen LogP contribution in [0.2, 0.25) is 0 Å². The van der Waals surface area contributed by atoms with Gasteiger partial charge in [0.2, 0.25) is 5.91 Å². The quantitative estimate of drug-likeness (QED) is 0.781. The Morgan fingerprint density at radius 2 is 2.30 bits per heavy atom. The molecule has 2 rings (SSSR count). The number of likely N-dealkylation sites (tertiary alicyclic amines) is 1. The molecular weight excluding hydrogens is 276 g/mol. The molecule has 0 aliphatic carbocycles. The number of carbonyl (C=O) groups is 1. The van der Waals surface area contributed by atoms with Gasteiger partial charge in [0.1, 0.15) is 0 Å². The second-order valence-electron chi connectivity index (χ2n) is 5.23. The van der Waals surface area contributed by atoms with E-state index in [0.717, 1.165) is 25.9 Å². The van der Waals surface area contributed by atoms with Crippen LogP contribution in [-0.2, 0) is 16.1 Å². The summed E-state index contributed by atoms with van der Waals surface area (Å²) in [5.41, 5.74) is 5.30. The number of rotatable bonds is 7. The highest BCUT2D eigenvalue weighted by molar-refractivity contribution is 7.09. The van der Waals surface area contributed by atoms with Gasteiger partial charge in [0.05, 0.1) is 19.3 Å². The lowest BCUT2D eigenvalue weighted by Gasteiger charge is -2.31. The van der Waals surface area contributed by atoms with Crippen molar-refractivity contribution in [1.29, 1.82) is 0 Å². The van der Waals surface area contributed by atoms with Crippen molar-refractivity contribution in [2.24, 2.45) is 11.7 Å². The van der Waals surface area contributed by atoms with Crippen molar-refractivity contribution in [3.63, 3.8) is 0 Å². The Labute approximate surface area is 123 Å². The zero-order chi connectivity index (χ0) is 14.4. The van der Waals surface area contributed by atoms with Crippen LogP contribution in [0, 0.1) is 5.92 Å². The summed E-state index contributed by atoms with van der Waals surface area (Å²) in [6, 6.07) is 4.01. The van der Waals surface area contributed by atoms with E-state index in [1.54, 1.807) is 11.3 Å². The molecule has 1 atom stereocenters. The molecule has 0 saturated carbocycles. The van der Waals surface area contributed by atoms with Crippen molar-refractivity contribution < 1.29 is 14.6 Å². The lowest BCUT2D eigenvalue weighted by molar-refractivity contribution is -0.123. The zero-order valence-electron chi connectivity index (χ0n) is 11.5. The molecular formula is C14H22N2O3S. The molecule has 0 radical (unpaired) electrons. The Morgan fingerprint density at radius 3 is 2.90 bits per heavy atom. The summed E-state index contributed by atoms with van der Waals surface area (Å²) in [7, 11) is 0. The molecule has 3 N–H and O–H groups in total. The summed E-state index contributed by atoms with van der Waals surface area (Å²) in [6.45, 7) is 3.12. The molecule has 1 fully saturated rings. The third kappa shape index (κ3) is 4.86. The third-order valence-electron chi connectivity index (χ3n) is 3.59. The summed E-state index contributed by atoms with van der Waals surface area (Å²) in [5.74, 6) is -0.206. The number of aliphatic hydroxyl groups excluding tert-OH is 1. The first kappa shape index (κ1) is 15.4. The highest BCUT2D eigenvalue weighted by Gasteiger charge is 2.24. The van der Waals surface area contributed by atoms with Crippen LogP contribution in [-0.4, -0.2) is 48.3 Å². The molecule has 1 amide bonds. The molecule has 0 spiro atoms. The normalized spacial score (nSPS) is 19.1. The maximum absolute atomic E-state index is 11.1. The fraction of sp³-hybridized carbons (Fsp3) is 0.643. The number of ether oxygens (including phenoxy) is 1. The van der Waals surface area contributed by atoms with Gasteiger partial charge in [-0.05, 0) is 37.4 Å². The molecule has 5 nitrogen and oxygen atoms in total. The van der Waals surface area contributed by atoms with E-state index in [9.17, 15) is 9.90 Å². The molecule has 2 heterocycles. The minimum atomic E-state index is -0.486. The maximum atomic E-state index is 11.1. The van der Waals surface area contributed by atoms with E-state index < -0.39 is 6.10 Å². The van der Waals surface area contributed by atoms with Crippen LogP contribution in [0.15, 0.2) is 17.5 Å². The minimum absolute atomic E-state index is 0.00142. The molecule has 1 aliphatic heterocycles. The van der Waals surface area contributed by atoms with E-state index in [1.165, 1.54) is 4.88 Å². The molecule has 0 bridgehead atoms. The number of hydrogen-bond acceptors (Lipinski definition) is 5. The molecule has 1 aromatic rings. The van der Waals surface area contributed by atoms with E-state index in [1.807, 2.05) is 17.5 Å². The average molecular weight is 298 g/mol. The summed E-state index contributed by atoms with van der Waals surface area (Å²) >= 11 is 1.65. The Hall–Kier alpha value is -0.950. The molecule has 20 heavy (non-hydrogen) atoms.